The van der Waals surface area contributed by atoms with Crippen molar-refractivity contribution in [2.75, 3.05) is 13.1 Å². The third kappa shape index (κ3) is 3.20. The molecule has 0 aliphatic carbocycles. The summed E-state index contributed by atoms with van der Waals surface area (Å²) in [5.74, 6) is 0.115. The van der Waals surface area contributed by atoms with Crippen LogP contribution in [0.4, 0.5) is 0 Å². The Morgan fingerprint density at radius 1 is 1.04 bits per heavy atom. The van der Waals surface area contributed by atoms with Gasteiger partial charge in [-0.3, -0.25) is 4.79 Å². The fourth-order valence-electron chi connectivity index (χ4n) is 3.58. The lowest BCUT2D eigenvalue weighted by Crippen LogP contribution is -2.40. The fraction of sp³-hybridized carbons (Fsp3) is 0.238. The van der Waals surface area contributed by atoms with Crippen LogP contribution in [0.2, 0.25) is 0 Å². The minimum atomic E-state index is 0.115. The first-order chi connectivity index (χ1) is 12.3. The Kier molecular flexibility index (Phi) is 4.34. The van der Waals surface area contributed by atoms with Crippen LogP contribution in [-0.4, -0.2) is 33.4 Å². The highest BCUT2D eigenvalue weighted by atomic mass is 16.2. The molecule has 1 aromatic heterocycles. The molecule has 4 rings (SSSR count). The van der Waals surface area contributed by atoms with Crippen LogP contribution in [0.15, 0.2) is 73.3 Å². The van der Waals surface area contributed by atoms with Crippen molar-refractivity contribution in [3.8, 4) is 11.1 Å². The first-order valence-corrected chi connectivity index (χ1v) is 8.74. The van der Waals surface area contributed by atoms with Gasteiger partial charge in [-0.2, -0.15) is 0 Å². The van der Waals surface area contributed by atoms with Crippen LogP contribution >= 0.6 is 0 Å². The number of carbonyl (C=O) groups excluding carboxylic acids is 1. The van der Waals surface area contributed by atoms with Crippen molar-refractivity contribution in [3.63, 3.8) is 0 Å². The summed E-state index contributed by atoms with van der Waals surface area (Å²) in [6.45, 7) is 1.55. The molecular formula is C21H21N3O. The highest BCUT2D eigenvalue weighted by Gasteiger charge is 2.26. The van der Waals surface area contributed by atoms with Crippen LogP contribution in [0.5, 0.6) is 0 Å². The second-order valence-electron chi connectivity index (χ2n) is 6.47. The summed E-state index contributed by atoms with van der Waals surface area (Å²) >= 11 is 0. The molecule has 2 heterocycles. The Bertz CT molecular complexity index is 843. The van der Waals surface area contributed by atoms with E-state index < -0.39 is 0 Å². The van der Waals surface area contributed by atoms with E-state index >= 15 is 0 Å². The van der Waals surface area contributed by atoms with Crippen LogP contribution < -0.4 is 0 Å². The number of carbonyl (C=O) groups is 1. The molecular weight excluding hydrogens is 310 g/mol. The van der Waals surface area contributed by atoms with E-state index in [1.54, 1.807) is 6.20 Å². The first kappa shape index (κ1) is 15.6. The maximum absolute atomic E-state index is 13.2. The molecule has 4 heteroatoms. The summed E-state index contributed by atoms with van der Waals surface area (Å²) in [5, 5.41) is 0. The summed E-state index contributed by atoms with van der Waals surface area (Å²) in [4.78, 5) is 19.3. The number of aromatic nitrogens is 2. The van der Waals surface area contributed by atoms with E-state index in [9.17, 15) is 4.79 Å². The van der Waals surface area contributed by atoms with Gasteiger partial charge in [0.2, 0.25) is 0 Å². The standard InChI is InChI=1S/C21H21N3O/c25-21(23-13-6-9-18(15-23)24-14-12-22-16-24)20-11-5-4-10-19(20)17-7-2-1-3-8-17/h1-5,7-8,10-12,14,16,18H,6,9,13,15H2/t18-/m0/s1. The van der Waals surface area contributed by atoms with Crippen LogP contribution in [0.3, 0.4) is 0 Å². The molecule has 1 fully saturated rings. The summed E-state index contributed by atoms with van der Waals surface area (Å²) in [7, 11) is 0. The van der Waals surface area contributed by atoms with Gasteiger partial charge in [0.15, 0.2) is 0 Å². The van der Waals surface area contributed by atoms with Crippen molar-refractivity contribution in [2.45, 2.75) is 18.9 Å². The average Bonchev–Trinajstić information content (AvgIpc) is 3.23. The number of hydrogen-bond acceptors (Lipinski definition) is 2. The van der Waals surface area contributed by atoms with Gasteiger partial charge in [0.25, 0.3) is 5.91 Å². The molecule has 1 aliphatic rings. The largest absolute Gasteiger partial charge is 0.337 e. The minimum Gasteiger partial charge on any atom is -0.337 e. The smallest absolute Gasteiger partial charge is 0.254 e. The van der Waals surface area contributed by atoms with Gasteiger partial charge < -0.3 is 9.47 Å². The van der Waals surface area contributed by atoms with Crippen molar-refractivity contribution in [1.29, 1.82) is 0 Å². The van der Waals surface area contributed by atoms with Crippen LogP contribution in [-0.2, 0) is 0 Å². The third-order valence-electron chi connectivity index (χ3n) is 4.87. The van der Waals surface area contributed by atoms with Gasteiger partial charge in [-0.15, -0.1) is 0 Å². The van der Waals surface area contributed by atoms with E-state index in [4.69, 9.17) is 0 Å². The van der Waals surface area contributed by atoms with Gasteiger partial charge in [0.05, 0.1) is 12.4 Å². The summed E-state index contributed by atoms with van der Waals surface area (Å²) in [5.41, 5.74) is 2.85. The Balaban J connectivity index is 1.61. The fourth-order valence-corrected chi connectivity index (χ4v) is 3.58. The normalized spacial score (nSPS) is 17.4. The molecule has 1 atom stereocenters. The molecule has 1 aliphatic heterocycles. The topological polar surface area (TPSA) is 38.1 Å². The molecule has 0 unspecified atom stereocenters. The summed E-state index contributed by atoms with van der Waals surface area (Å²) < 4.78 is 2.11. The van der Waals surface area contributed by atoms with Crippen molar-refractivity contribution in [2.24, 2.45) is 0 Å². The molecule has 0 saturated carbocycles. The van der Waals surface area contributed by atoms with Gasteiger partial charge in [0.1, 0.15) is 0 Å². The van der Waals surface area contributed by atoms with E-state index in [1.807, 2.05) is 59.9 Å². The summed E-state index contributed by atoms with van der Waals surface area (Å²) in [6.07, 6.45) is 7.72. The number of hydrogen-bond donors (Lipinski definition) is 0. The zero-order valence-electron chi connectivity index (χ0n) is 14.1. The monoisotopic (exact) mass is 331 g/mol. The van der Waals surface area contributed by atoms with Crippen molar-refractivity contribution in [1.82, 2.24) is 14.5 Å². The second kappa shape index (κ2) is 6.93. The number of amides is 1. The lowest BCUT2D eigenvalue weighted by Gasteiger charge is -2.33. The lowest BCUT2D eigenvalue weighted by atomic mass is 9.97. The maximum atomic E-state index is 13.2. The number of piperidine rings is 1. The molecule has 3 aromatic rings. The Morgan fingerprint density at radius 3 is 2.64 bits per heavy atom. The quantitative estimate of drug-likeness (QED) is 0.727. The molecule has 2 aromatic carbocycles. The van der Waals surface area contributed by atoms with Crippen LogP contribution in [0.25, 0.3) is 11.1 Å². The SMILES string of the molecule is O=C(c1ccccc1-c1ccccc1)N1CCC[C@H](n2ccnc2)C1. The number of nitrogens with zero attached hydrogens (tertiary/aromatic N) is 3. The number of imidazole rings is 1. The van der Waals surface area contributed by atoms with E-state index in [-0.39, 0.29) is 5.91 Å². The molecule has 1 saturated heterocycles. The van der Waals surface area contributed by atoms with E-state index in [0.717, 1.165) is 42.6 Å². The summed E-state index contributed by atoms with van der Waals surface area (Å²) in [6, 6.07) is 18.3. The number of rotatable bonds is 3. The molecule has 25 heavy (non-hydrogen) atoms. The average molecular weight is 331 g/mol. The van der Waals surface area contributed by atoms with Crippen LogP contribution in [0, 0.1) is 0 Å². The molecule has 4 nitrogen and oxygen atoms in total. The first-order valence-electron chi connectivity index (χ1n) is 8.74. The zero-order valence-corrected chi connectivity index (χ0v) is 14.1. The molecule has 1 amide bonds. The minimum absolute atomic E-state index is 0.115. The van der Waals surface area contributed by atoms with Crippen molar-refractivity contribution in [3.05, 3.63) is 78.9 Å². The van der Waals surface area contributed by atoms with Crippen molar-refractivity contribution >= 4 is 5.91 Å². The Hall–Kier alpha value is -2.88. The third-order valence-corrected chi connectivity index (χ3v) is 4.87. The zero-order chi connectivity index (χ0) is 17.1. The van der Waals surface area contributed by atoms with Gasteiger partial charge in [0, 0.05) is 31.0 Å². The van der Waals surface area contributed by atoms with E-state index in [0.29, 0.717) is 6.04 Å². The van der Waals surface area contributed by atoms with Gasteiger partial charge in [-0.1, -0.05) is 48.5 Å². The second-order valence-corrected chi connectivity index (χ2v) is 6.47. The van der Waals surface area contributed by atoms with Crippen molar-refractivity contribution < 1.29 is 4.79 Å². The Morgan fingerprint density at radius 2 is 1.84 bits per heavy atom. The maximum Gasteiger partial charge on any atom is 0.254 e. The number of benzene rings is 2. The van der Waals surface area contributed by atoms with E-state index in [2.05, 4.69) is 21.7 Å². The molecule has 0 radical (unpaired) electrons. The van der Waals surface area contributed by atoms with Gasteiger partial charge in [-0.05, 0) is 30.0 Å². The molecule has 0 N–H and O–H groups in total. The predicted octanol–water partition coefficient (Wildman–Crippen LogP) is 4.03. The molecule has 0 spiro atoms. The van der Waals surface area contributed by atoms with Gasteiger partial charge >= 0.3 is 0 Å². The number of likely N-dealkylation sites (tertiary alicyclic amines) is 1. The Labute approximate surface area is 147 Å². The highest BCUT2D eigenvalue weighted by molar-refractivity contribution is 6.00. The van der Waals surface area contributed by atoms with Crippen LogP contribution in [0.1, 0.15) is 29.2 Å². The van der Waals surface area contributed by atoms with Gasteiger partial charge in [-0.25, -0.2) is 4.98 Å². The molecule has 0 bridgehead atoms. The molecule has 126 valence electrons. The highest BCUT2D eigenvalue weighted by Crippen LogP contribution is 2.27. The predicted molar refractivity (Wildman–Crippen MR) is 98.3 cm³/mol. The van der Waals surface area contributed by atoms with E-state index in [1.165, 1.54) is 0 Å². The lowest BCUT2D eigenvalue weighted by molar-refractivity contribution is 0.0680.